The van der Waals surface area contributed by atoms with E-state index in [0.29, 0.717) is 18.8 Å². The van der Waals surface area contributed by atoms with Gasteiger partial charge >= 0.3 is 0 Å². The quantitative estimate of drug-likeness (QED) is 0.903. The van der Waals surface area contributed by atoms with Crippen LogP contribution in [-0.2, 0) is 0 Å². The second-order valence-electron chi connectivity index (χ2n) is 6.33. The second-order valence-corrected chi connectivity index (χ2v) is 6.33. The molecule has 3 rings (SSSR count). The van der Waals surface area contributed by atoms with Gasteiger partial charge in [0.05, 0.1) is 13.2 Å². The van der Waals surface area contributed by atoms with Crippen LogP contribution in [-0.4, -0.2) is 26.2 Å². The van der Waals surface area contributed by atoms with Crippen molar-refractivity contribution >= 4 is 5.91 Å². The fraction of sp³-hybridized carbons (Fsp3) is 0.350. The largest absolute Gasteiger partial charge is 0.497 e. The van der Waals surface area contributed by atoms with E-state index < -0.39 is 0 Å². The van der Waals surface area contributed by atoms with Crippen molar-refractivity contribution in [3.8, 4) is 17.2 Å². The van der Waals surface area contributed by atoms with Crippen LogP contribution >= 0.6 is 0 Å². The fourth-order valence-electron chi connectivity index (χ4n) is 2.86. The van der Waals surface area contributed by atoms with Crippen LogP contribution < -0.4 is 19.5 Å². The van der Waals surface area contributed by atoms with Crippen molar-refractivity contribution in [1.82, 2.24) is 5.32 Å². The number of nitrogens with one attached hydrogen (secondary N) is 1. The van der Waals surface area contributed by atoms with Gasteiger partial charge in [-0.1, -0.05) is 19.9 Å². The number of fused-ring (bicyclic) bond motifs is 1. The summed E-state index contributed by atoms with van der Waals surface area (Å²) in [5, 5.41) is 3.12. The summed E-state index contributed by atoms with van der Waals surface area (Å²) in [4.78, 5) is 12.6. The molecule has 1 heterocycles. The number of amides is 1. The lowest BCUT2D eigenvalue weighted by atomic mass is 9.95. The van der Waals surface area contributed by atoms with Gasteiger partial charge in [0.15, 0.2) is 11.5 Å². The number of carbonyl (C=O) groups excluding carboxylic acids is 1. The summed E-state index contributed by atoms with van der Waals surface area (Å²) < 4.78 is 16.4. The van der Waals surface area contributed by atoms with Crippen molar-refractivity contribution in [2.24, 2.45) is 5.92 Å². The summed E-state index contributed by atoms with van der Waals surface area (Å²) >= 11 is 0. The zero-order chi connectivity index (χ0) is 17.8. The van der Waals surface area contributed by atoms with Crippen molar-refractivity contribution < 1.29 is 19.0 Å². The van der Waals surface area contributed by atoms with Crippen LogP contribution in [0, 0.1) is 5.92 Å². The number of benzene rings is 2. The predicted molar refractivity (Wildman–Crippen MR) is 95.5 cm³/mol. The highest BCUT2D eigenvalue weighted by molar-refractivity contribution is 5.94. The first kappa shape index (κ1) is 17.1. The SMILES string of the molecule is COc1ccc(C(=O)NC(c2ccc3c(c2)OCCO3)C(C)C)cc1. The summed E-state index contributed by atoms with van der Waals surface area (Å²) in [6, 6.07) is 12.8. The first-order valence-electron chi connectivity index (χ1n) is 8.43. The van der Waals surface area contributed by atoms with Gasteiger partial charge in [0.1, 0.15) is 19.0 Å². The van der Waals surface area contributed by atoms with Crippen LogP contribution in [0.4, 0.5) is 0 Å². The standard InChI is InChI=1S/C20H23NO4/c1-13(2)19(15-6-9-17-18(12-15)25-11-10-24-17)21-20(22)14-4-7-16(23-3)8-5-14/h4-9,12-13,19H,10-11H2,1-3H3,(H,21,22). The van der Waals surface area contributed by atoms with Crippen LogP contribution in [0.1, 0.15) is 35.8 Å². The molecule has 1 atom stereocenters. The van der Waals surface area contributed by atoms with E-state index in [1.54, 1.807) is 31.4 Å². The van der Waals surface area contributed by atoms with E-state index in [0.717, 1.165) is 22.8 Å². The number of carbonyl (C=O) groups is 1. The van der Waals surface area contributed by atoms with Gasteiger partial charge in [0.2, 0.25) is 0 Å². The number of ether oxygens (including phenoxy) is 3. The molecule has 1 N–H and O–H groups in total. The third kappa shape index (κ3) is 3.87. The van der Waals surface area contributed by atoms with Crippen molar-refractivity contribution in [3.63, 3.8) is 0 Å². The average Bonchev–Trinajstić information content (AvgIpc) is 2.65. The molecule has 1 unspecified atom stereocenters. The smallest absolute Gasteiger partial charge is 0.251 e. The molecule has 1 amide bonds. The highest BCUT2D eigenvalue weighted by atomic mass is 16.6. The molecule has 0 aliphatic carbocycles. The second kappa shape index (κ2) is 7.47. The summed E-state index contributed by atoms with van der Waals surface area (Å²) in [6.07, 6.45) is 0. The van der Waals surface area contributed by atoms with E-state index in [9.17, 15) is 4.79 Å². The maximum Gasteiger partial charge on any atom is 0.251 e. The van der Waals surface area contributed by atoms with Crippen molar-refractivity contribution in [2.45, 2.75) is 19.9 Å². The zero-order valence-electron chi connectivity index (χ0n) is 14.7. The Morgan fingerprint density at radius 3 is 2.36 bits per heavy atom. The van der Waals surface area contributed by atoms with Gasteiger partial charge in [0, 0.05) is 5.56 Å². The van der Waals surface area contributed by atoms with Crippen LogP contribution in [0.5, 0.6) is 17.2 Å². The summed E-state index contributed by atoms with van der Waals surface area (Å²) in [6.45, 7) is 5.26. The van der Waals surface area contributed by atoms with E-state index >= 15 is 0 Å². The van der Waals surface area contributed by atoms with Crippen LogP contribution in [0.3, 0.4) is 0 Å². The fourth-order valence-corrected chi connectivity index (χ4v) is 2.86. The van der Waals surface area contributed by atoms with Gasteiger partial charge in [-0.05, 0) is 47.9 Å². The summed E-state index contributed by atoms with van der Waals surface area (Å²) in [7, 11) is 1.60. The Kier molecular flexibility index (Phi) is 5.12. The summed E-state index contributed by atoms with van der Waals surface area (Å²) in [5.74, 6) is 2.32. The molecule has 1 aliphatic rings. The molecule has 0 saturated heterocycles. The molecular weight excluding hydrogens is 318 g/mol. The minimum atomic E-state index is -0.120. The summed E-state index contributed by atoms with van der Waals surface area (Å²) in [5.41, 5.74) is 1.60. The van der Waals surface area contributed by atoms with E-state index in [1.165, 1.54) is 0 Å². The Balaban J connectivity index is 1.80. The molecule has 0 aromatic heterocycles. The Hall–Kier alpha value is -2.69. The average molecular weight is 341 g/mol. The van der Waals surface area contributed by atoms with E-state index in [1.807, 2.05) is 18.2 Å². The number of hydrogen-bond acceptors (Lipinski definition) is 4. The topological polar surface area (TPSA) is 56.8 Å². The Morgan fingerprint density at radius 1 is 1.04 bits per heavy atom. The van der Waals surface area contributed by atoms with Gasteiger partial charge < -0.3 is 19.5 Å². The predicted octanol–water partition coefficient (Wildman–Crippen LogP) is 3.59. The first-order valence-corrected chi connectivity index (χ1v) is 8.43. The Bertz CT molecular complexity index is 740. The normalized spacial score (nSPS) is 14.1. The maximum absolute atomic E-state index is 12.6. The zero-order valence-corrected chi connectivity index (χ0v) is 14.7. The van der Waals surface area contributed by atoms with E-state index in [-0.39, 0.29) is 17.9 Å². The lowest BCUT2D eigenvalue weighted by molar-refractivity contribution is 0.0925. The molecule has 2 aromatic carbocycles. The van der Waals surface area contributed by atoms with Gasteiger partial charge in [0.25, 0.3) is 5.91 Å². The molecule has 0 fully saturated rings. The monoisotopic (exact) mass is 341 g/mol. The number of methoxy groups -OCH3 is 1. The lowest BCUT2D eigenvalue weighted by Gasteiger charge is -2.25. The maximum atomic E-state index is 12.6. The van der Waals surface area contributed by atoms with Gasteiger partial charge in [-0.25, -0.2) is 0 Å². The van der Waals surface area contributed by atoms with Crippen LogP contribution in [0.15, 0.2) is 42.5 Å². The molecule has 0 spiro atoms. The Labute approximate surface area is 147 Å². The molecule has 5 heteroatoms. The third-order valence-electron chi connectivity index (χ3n) is 4.23. The van der Waals surface area contributed by atoms with Crippen molar-refractivity contribution in [2.75, 3.05) is 20.3 Å². The molecule has 0 bridgehead atoms. The minimum Gasteiger partial charge on any atom is -0.497 e. The highest BCUT2D eigenvalue weighted by Gasteiger charge is 2.22. The van der Waals surface area contributed by atoms with E-state index in [2.05, 4.69) is 19.2 Å². The molecule has 132 valence electrons. The van der Waals surface area contributed by atoms with Gasteiger partial charge in [-0.15, -0.1) is 0 Å². The van der Waals surface area contributed by atoms with Crippen molar-refractivity contribution in [1.29, 1.82) is 0 Å². The lowest BCUT2D eigenvalue weighted by Crippen LogP contribution is -2.31. The van der Waals surface area contributed by atoms with Gasteiger partial charge in [-0.3, -0.25) is 4.79 Å². The highest BCUT2D eigenvalue weighted by Crippen LogP contribution is 2.34. The van der Waals surface area contributed by atoms with E-state index in [4.69, 9.17) is 14.2 Å². The van der Waals surface area contributed by atoms with Crippen LogP contribution in [0.2, 0.25) is 0 Å². The molecule has 2 aromatic rings. The molecule has 0 radical (unpaired) electrons. The molecule has 1 aliphatic heterocycles. The molecular formula is C20H23NO4. The molecule has 5 nitrogen and oxygen atoms in total. The van der Waals surface area contributed by atoms with Crippen molar-refractivity contribution in [3.05, 3.63) is 53.6 Å². The van der Waals surface area contributed by atoms with Gasteiger partial charge in [-0.2, -0.15) is 0 Å². The molecule has 0 saturated carbocycles. The number of hydrogen-bond donors (Lipinski definition) is 1. The molecule has 25 heavy (non-hydrogen) atoms. The Morgan fingerprint density at radius 2 is 1.72 bits per heavy atom. The minimum absolute atomic E-state index is 0.115. The third-order valence-corrected chi connectivity index (χ3v) is 4.23. The first-order chi connectivity index (χ1) is 12.1. The van der Waals surface area contributed by atoms with Crippen LogP contribution in [0.25, 0.3) is 0 Å². The number of rotatable bonds is 5.